The molecule has 36 heavy (non-hydrogen) atoms. The summed E-state index contributed by atoms with van der Waals surface area (Å²) in [5.74, 6) is 2.28. The fraction of sp³-hybridized carbons (Fsp3) is 1.00. The normalized spacial score (nSPS) is 13.3. The fourth-order valence-corrected chi connectivity index (χ4v) is 6.92. The van der Waals surface area contributed by atoms with E-state index in [0.717, 1.165) is 24.7 Å². The van der Waals surface area contributed by atoms with E-state index in [1.807, 2.05) is 0 Å². The van der Waals surface area contributed by atoms with Crippen LogP contribution in [0, 0.1) is 0 Å². The molecule has 0 aliphatic heterocycles. The zero-order valence-corrected chi connectivity index (χ0v) is 25.7. The second-order valence-corrected chi connectivity index (χ2v) is 12.9. The maximum Gasteiger partial charge on any atom is 0.0698 e. The van der Waals surface area contributed by atoms with Crippen molar-refractivity contribution in [2.24, 2.45) is 0 Å². The Morgan fingerprint density at radius 1 is 0.500 bits per heavy atom. The van der Waals surface area contributed by atoms with Crippen LogP contribution in [0.3, 0.4) is 0 Å². The third-order valence-electron chi connectivity index (χ3n) is 6.63. The van der Waals surface area contributed by atoms with Gasteiger partial charge in [0.25, 0.3) is 0 Å². The number of aliphatic hydroxyl groups excluding tert-OH is 2. The van der Waals surface area contributed by atoms with Crippen molar-refractivity contribution in [2.75, 3.05) is 51.1 Å². The van der Waals surface area contributed by atoms with Crippen LogP contribution >= 0.6 is 23.5 Å². The molecule has 0 spiro atoms. The molecule has 218 valence electrons. The summed E-state index contributed by atoms with van der Waals surface area (Å²) < 4.78 is 11.4. The van der Waals surface area contributed by atoms with Gasteiger partial charge in [-0.2, -0.15) is 23.5 Å². The van der Waals surface area contributed by atoms with Crippen molar-refractivity contribution >= 4 is 23.5 Å². The van der Waals surface area contributed by atoms with E-state index < -0.39 is 0 Å². The smallest absolute Gasteiger partial charge is 0.0698 e. The van der Waals surface area contributed by atoms with E-state index in [0.29, 0.717) is 23.7 Å². The molecule has 0 aliphatic carbocycles. The highest BCUT2D eigenvalue weighted by molar-refractivity contribution is 8.03. The summed E-state index contributed by atoms with van der Waals surface area (Å²) in [6.45, 7) is 7.19. The van der Waals surface area contributed by atoms with E-state index in [4.69, 9.17) is 19.7 Å². The van der Waals surface area contributed by atoms with Gasteiger partial charge in [-0.05, 0) is 12.8 Å². The number of hydrogen-bond acceptors (Lipinski definition) is 6. The summed E-state index contributed by atoms with van der Waals surface area (Å²) in [6.07, 6.45) is 24.2. The third kappa shape index (κ3) is 27.6. The first-order valence-electron chi connectivity index (χ1n) is 15.4. The van der Waals surface area contributed by atoms with Gasteiger partial charge in [0.1, 0.15) is 0 Å². The summed E-state index contributed by atoms with van der Waals surface area (Å²) in [6, 6.07) is 0. The first-order chi connectivity index (χ1) is 17.8. The fourth-order valence-electron chi connectivity index (χ4n) is 4.43. The topological polar surface area (TPSA) is 58.9 Å². The summed E-state index contributed by atoms with van der Waals surface area (Å²) >= 11 is 4.10. The lowest BCUT2D eigenvalue weighted by molar-refractivity contribution is 0.0919. The molecule has 0 saturated heterocycles. The predicted molar refractivity (Wildman–Crippen MR) is 163 cm³/mol. The van der Waals surface area contributed by atoms with Crippen molar-refractivity contribution in [3.05, 3.63) is 0 Å². The van der Waals surface area contributed by atoms with E-state index in [1.54, 1.807) is 0 Å². The second kappa shape index (κ2) is 31.8. The SMILES string of the molecule is CCCCCCCCCCC(COCCO)SCCSC(CCCCCCCCCC)COCCO. The van der Waals surface area contributed by atoms with Gasteiger partial charge < -0.3 is 19.7 Å². The molecule has 0 aromatic heterocycles. The number of unbranched alkanes of at least 4 members (excludes halogenated alkanes) is 14. The second-order valence-electron chi connectivity index (χ2n) is 10.1. The highest BCUT2D eigenvalue weighted by Crippen LogP contribution is 2.24. The maximum absolute atomic E-state index is 9.07. The van der Waals surface area contributed by atoms with Crippen LogP contribution in [-0.4, -0.2) is 71.9 Å². The lowest BCUT2D eigenvalue weighted by atomic mass is 10.1. The average Bonchev–Trinajstić information content (AvgIpc) is 2.89. The Kier molecular flexibility index (Phi) is 32.2. The van der Waals surface area contributed by atoms with Gasteiger partial charge in [-0.1, -0.05) is 117 Å². The average molecular weight is 551 g/mol. The van der Waals surface area contributed by atoms with Gasteiger partial charge in [0.05, 0.1) is 39.6 Å². The molecule has 2 unspecified atom stereocenters. The Morgan fingerprint density at radius 3 is 1.17 bits per heavy atom. The lowest BCUT2D eigenvalue weighted by Crippen LogP contribution is -2.17. The predicted octanol–water partition coefficient (Wildman–Crippen LogP) is 8.27. The van der Waals surface area contributed by atoms with Crippen molar-refractivity contribution in [1.29, 1.82) is 0 Å². The first-order valence-corrected chi connectivity index (χ1v) is 17.5. The summed E-state index contributed by atoms with van der Waals surface area (Å²) in [7, 11) is 0. The molecule has 0 amide bonds. The molecule has 0 aromatic carbocycles. The van der Waals surface area contributed by atoms with Crippen LogP contribution in [0.25, 0.3) is 0 Å². The molecule has 4 nitrogen and oxygen atoms in total. The van der Waals surface area contributed by atoms with Crippen LogP contribution < -0.4 is 0 Å². The summed E-state index contributed by atoms with van der Waals surface area (Å²) in [5.41, 5.74) is 0. The first kappa shape index (κ1) is 36.5. The summed E-state index contributed by atoms with van der Waals surface area (Å²) in [5, 5.41) is 19.2. The maximum atomic E-state index is 9.07. The van der Waals surface area contributed by atoms with Crippen LogP contribution in [0.5, 0.6) is 0 Å². The Hall–Kier alpha value is 0.540. The molecule has 0 aliphatic rings. The highest BCUT2D eigenvalue weighted by Gasteiger charge is 2.13. The molecule has 0 rings (SSSR count). The molecule has 2 atom stereocenters. The number of ether oxygens (including phenoxy) is 2. The molecule has 0 aromatic rings. The van der Waals surface area contributed by atoms with Crippen molar-refractivity contribution in [3.63, 3.8) is 0 Å². The Bertz CT molecular complexity index is 365. The van der Waals surface area contributed by atoms with Crippen LogP contribution in [0.4, 0.5) is 0 Å². The standard InChI is InChI=1S/C30H62O4S2/c1-3-5-7-9-11-13-15-17-19-29(27-33-23-21-31)35-25-26-36-30(28-34-24-22-32)20-18-16-14-12-10-8-6-4-2/h29-32H,3-28H2,1-2H3. The highest BCUT2D eigenvalue weighted by atomic mass is 32.2. The minimum atomic E-state index is 0.110. The Balaban J connectivity index is 4.13. The van der Waals surface area contributed by atoms with Gasteiger partial charge in [-0.15, -0.1) is 0 Å². The third-order valence-corrected chi connectivity index (χ3v) is 9.45. The molecule has 0 saturated carbocycles. The summed E-state index contributed by atoms with van der Waals surface area (Å²) in [4.78, 5) is 0. The van der Waals surface area contributed by atoms with Crippen molar-refractivity contribution in [2.45, 2.75) is 140 Å². The Morgan fingerprint density at radius 2 is 0.833 bits per heavy atom. The van der Waals surface area contributed by atoms with Gasteiger partial charge in [-0.25, -0.2) is 0 Å². The number of aliphatic hydroxyl groups is 2. The van der Waals surface area contributed by atoms with Gasteiger partial charge >= 0.3 is 0 Å². The number of hydrogen-bond donors (Lipinski definition) is 2. The quantitative estimate of drug-likeness (QED) is 0.0847. The monoisotopic (exact) mass is 550 g/mol. The molecule has 6 heteroatoms. The van der Waals surface area contributed by atoms with Gasteiger partial charge in [0.2, 0.25) is 0 Å². The van der Waals surface area contributed by atoms with E-state index in [9.17, 15) is 0 Å². The zero-order chi connectivity index (χ0) is 26.4. The van der Waals surface area contributed by atoms with E-state index in [1.165, 1.54) is 116 Å². The van der Waals surface area contributed by atoms with Crippen molar-refractivity contribution in [3.8, 4) is 0 Å². The van der Waals surface area contributed by atoms with Gasteiger partial charge in [0.15, 0.2) is 0 Å². The van der Waals surface area contributed by atoms with Crippen LogP contribution in [0.15, 0.2) is 0 Å². The molecular weight excluding hydrogens is 488 g/mol. The van der Waals surface area contributed by atoms with Gasteiger partial charge in [0, 0.05) is 22.0 Å². The zero-order valence-electron chi connectivity index (χ0n) is 24.1. The minimum Gasteiger partial charge on any atom is -0.394 e. The van der Waals surface area contributed by atoms with Crippen LogP contribution in [0.2, 0.25) is 0 Å². The van der Waals surface area contributed by atoms with E-state index in [2.05, 4.69) is 37.4 Å². The largest absolute Gasteiger partial charge is 0.394 e. The van der Waals surface area contributed by atoms with Gasteiger partial charge in [-0.3, -0.25) is 0 Å². The van der Waals surface area contributed by atoms with Crippen molar-refractivity contribution in [1.82, 2.24) is 0 Å². The van der Waals surface area contributed by atoms with Crippen LogP contribution in [-0.2, 0) is 9.47 Å². The molecular formula is C30H62O4S2. The molecule has 0 heterocycles. The Labute approximate surface area is 233 Å². The molecule has 0 fully saturated rings. The minimum absolute atomic E-state index is 0.110. The lowest BCUT2D eigenvalue weighted by Gasteiger charge is -2.19. The molecule has 0 radical (unpaired) electrons. The number of thioether (sulfide) groups is 2. The van der Waals surface area contributed by atoms with E-state index >= 15 is 0 Å². The number of rotatable bonds is 31. The van der Waals surface area contributed by atoms with E-state index in [-0.39, 0.29) is 13.2 Å². The molecule has 0 bridgehead atoms. The van der Waals surface area contributed by atoms with Crippen molar-refractivity contribution < 1.29 is 19.7 Å². The van der Waals surface area contributed by atoms with Crippen LogP contribution in [0.1, 0.15) is 129 Å². The molecule has 2 N–H and O–H groups in total.